The first-order chi connectivity index (χ1) is 24.1. The molecule has 262 valence electrons. The van der Waals surface area contributed by atoms with E-state index >= 15 is 0 Å². The number of amides is 3. The second-order valence-corrected chi connectivity index (χ2v) is 12.6. The number of aromatic nitrogens is 2. The molecule has 4 heterocycles. The van der Waals surface area contributed by atoms with Crippen LogP contribution in [-0.4, -0.2) is 77.7 Å². The van der Waals surface area contributed by atoms with E-state index in [1.807, 2.05) is 23.2 Å². The van der Waals surface area contributed by atoms with Gasteiger partial charge < -0.3 is 44.2 Å². The molecule has 1 atom stereocenters. The third kappa shape index (κ3) is 7.31. The zero-order chi connectivity index (χ0) is 35.4. The fourth-order valence-corrected chi connectivity index (χ4v) is 6.49. The van der Waals surface area contributed by atoms with Gasteiger partial charge in [-0.3, -0.25) is 14.4 Å². The van der Waals surface area contributed by atoms with Crippen LogP contribution in [0.1, 0.15) is 63.4 Å². The summed E-state index contributed by atoms with van der Waals surface area (Å²) in [5, 5.41) is 9.17. The molecule has 2 aromatic heterocycles. The number of rotatable bonds is 11. The van der Waals surface area contributed by atoms with Crippen molar-refractivity contribution in [3.8, 4) is 22.6 Å². The highest BCUT2D eigenvalue weighted by molar-refractivity contribution is 6.05. The molecule has 2 aliphatic rings. The number of hydrogen-bond donors (Lipinski definition) is 3. The lowest BCUT2D eigenvalue weighted by Crippen LogP contribution is -2.45. The van der Waals surface area contributed by atoms with E-state index in [0.29, 0.717) is 52.8 Å². The summed E-state index contributed by atoms with van der Waals surface area (Å²) in [5.74, 6) is 0.0245. The van der Waals surface area contributed by atoms with Gasteiger partial charge in [0.25, 0.3) is 11.8 Å². The van der Waals surface area contributed by atoms with Crippen LogP contribution in [0.4, 0.5) is 17.1 Å². The molecule has 4 aromatic rings. The standard InChI is InChI=1S/C37H42N6O7/c1-41-21-24(16-31(41)37(47)49-4)23-10-12-25(13-11-23)40-35(45)30-17-26(22-42(30)2)39-34(44)9-7-15-50-33-19-29-28(18-32(33)48-3)36(46)43-14-6-5-8-27(43)20-38-29/h10-13,16-19,21-22,27,38H,5-9,14-15,20H2,1-4H3,(H,39,44)(H,40,45)/t27-/m0/s1. The molecule has 3 N–H and O–H groups in total. The van der Waals surface area contributed by atoms with Gasteiger partial charge in [-0.15, -0.1) is 0 Å². The Morgan fingerprint density at radius 3 is 2.42 bits per heavy atom. The Balaban J connectivity index is 0.998. The Labute approximate surface area is 290 Å². The maximum atomic E-state index is 13.3. The molecule has 3 amide bonds. The largest absolute Gasteiger partial charge is 0.493 e. The molecule has 50 heavy (non-hydrogen) atoms. The summed E-state index contributed by atoms with van der Waals surface area (Å²) in [7, 11) is 6.39. The van der Waals surface area contributed by atoms with Gasteiger partial charge in [-0.1, -0.05) is 12.1 Å². The Kier molecular flexibility index (Phi) is 10.1. The van der Waals surface area contributed by atoms with E-state index in [1.54, 1.807) is 72.9 Å². The highest BCUT2D eigenvalue weighted by Crippen LogP contribution is 2.37. The normalized spacial score (nSPS) is 15.2. The third-order valence-electron chi connectivity index (χ3n) is 9.15. The lowest BCUT2D eigenvalue weighted by atomic mass is 10.0. The molecule has 0 saturated carbocycles. The van der Waals surface area contributed by atoms with Gasteiger partial charge >= 0.3 is 5.97 Å². The molecule has 1 fully saturated rings. The lowest BCUT2D eigenvalue weighted by molar-refractivity contribution is -0.116. The van der Waals surface area contributed by atoms with Crippen molar-refractivity contribution >= 4 is 40.8 Å². The monoisotopic (exact) mass is 682 g/mol. The van der Waals surface area contributed by atoms with Crippen LogP contribution in [-0.2, 0) is 23.6 Å². The van der Waals surface area contributed by atoms with Gasteiger partial charge in [0.05, 0.1) is 37.8 Å². The molecule has 13 heteroatoms. The van der Waals surface area contributed by atoms with Gasteiger partial charge in [0.2, 0.25) is 5.91 Å². The van der Waals surface area contributed by atoms with Crippen molar-refractivity contribution in [2.45, 2.75) is 38.1 Å². The van der Waals surface area contributed by atoms with Gasteiger partial charge in [0, 0.05) is 69.4 Å². The van der Waals surface area contributed by atoms with E-state index < -0.39 is 5.97 Å². The maximum absolute atomic E-state index is 13.3. The minimum Gasteiger partial charge on any atom is -0.493 e. The van der Waals surface area contributed by atoms with Crippen molar-refractivity contribution in [1.29, 1.82) is 0 Å². The highest BCUT2D eigenvalue weighted by atomic mass is 16.5. The van der Waals surface area contributed by atoms with Crippen LogP contribution < -0.4 is 25.4 Å². The molecule has 0 bridgehead atoms. The minimum atomic E-state index is -0.416. The topological polar surface area (TPSA) is 145 Å². The van der Waals surface area contributed by atoms with E-state index in [9.17, 15) is 19.2 Å². The number of anilines is 3. The van der Waals surface area contributed by atoms with E-state index in [-0.39, 0.29) is 36.8 Å². The highest BCUT2D eigenvalue weighted by Gasteiger charge is 2.32. The van der Waals surface area contributed by atoms with Crippen LogP contribution in [0.5, 0.6) is 11.5 Å². The molecule has 2 aromatic carbocycles. The number of benzene rings is 2. The van der Waals surface area contributed by atoms with Crippen molar-refractivity contribution < 1.29 is 33.4 Å². The molecule has 13 nitrogen and oxygen atoms in total. The summed E-state index contributed by atoms with van der Waals surface area (Å²) in [5.41, 5.74) is 4.94. The molecule has 0 aliphatic carbocycles. The van der Waals surface area contributed by atoms with Crippen molar-refractivity contribution in [3.05, 3.63) is 77.9 Å². The van der Waals surface area contributed by atoms with Crippen LogP contribution in [0.2, 0.25) is 0 Å². The molecule has 2 aliphatic heterocycles. The van der Waals surface area contributed by atoms with Crippen molar-refractivity contribution in [3.63, 3.8) is 0 Å². The van der Waals surface area contributed by atoms with Crippen LogP contribution >= 0.6 is 0 Å². The number of nitrogens with one attached hydrogen (secondary N) is 3. The number of carbonyl (C=O) groups excluding carboxylic acids is 4. The Bertz CT molecular complexity index is 1910. The second-order valence-electron chi connectivity index (χ2n) is 12.6. The summed E-state index contributed by atoms with van der Waals surface area (Å²) >= 11 is 0. The first-order valence-corrected chi connectivity index (χ1v) is 16.7. The van der Waals surface area contributed by atoms with Crippen LogP contribution in [0.25, 0.3) is 11.1 Å². The average Bonchev–Trinajstić information content (AvgIpc) is 3.66. The number of piperidine rings is 1. The first-order valence-electron chi connectivity index (χ1n) is 16.7. The molecule has 0 spiro atoms. The van der Waals surface area contributed by atoms with E-state index in [1.165, 1.54) is 7.11 Å². The number of carbonyl (C=O) groups is 4. The molecular weight excluding hydrogens is 640 g/mol. The predicted octanol–water partition coefficient (Wildman–Crippen LogP) is 5.30. The zero-order valence-electron chi connectivity index (χ0n) is 28.7. The van der Waals surface area contributed by atoms with Gasteiger partial charge in [-0.25, -0.2) is 4.79 Å². The van der Waals surface area contributed by atoms with E-state index in [4.69, 9.17) is 14.2 Å². The van der Waals surface area contributed by atoms with Gasteiger partial charge in [-0.05, 0) is 61.6 Å². The van der Waals surface area contributed by atoms with Crippen molar-refractivity contribution in [2.75, 3.05) is 49.9 Å². The third-order valence-corrected chi connectivity index (χ3v) is 9.15. The quantitative estimate of drug-likeness (QED) is 0.143. The average molecular weight is 683 g/mol. The van der Waals surface area contributed by atoms with Gasteiger partial charge in [-0.2, -0.15) is 0 Å². The SMILES string of the molecule is COC(=O)c1cc(-c2ccc(NC(=O)c3cc(NC(=O)CCCOc4cc5c(cc4OC)C(=O)N4CCCC[C@H]4CN5)cn3C)cc2)cn1C. The number of aryl methyl sites for hydroxylation is 2. The summed E-state index contributed by atoms with van der Waals surface area (Å²) in [6, 6.07) is 14.4. The van der Waals surface area contributed by atoms with E-state index in [2.05, 4.69) is 16.0 Å². The summed E-state index contributed by atoms with van der Waals surface area (Å²) in [6.07, 6.45) is 7.28. The predicted molar refractivity (Wildman–Crippen MR) is 189 cm³/mol. The molecule has 1 saturated heterocycles. The number of hydrogen-bond acceptors (Lipinski definition) is 8. The fourth-order valence-electron chi connectivity index (χ4n) is 6.49. The first kappa shape index (κ1) is 34.2. The van der Waals surface area contributed by atoms with Crippen LogP contribution in [0, 0.1) is 0 Å². The molecular formula is C37H42N6O7. The second kappa shape index (κ2) is 14.8. The fraction of sp³-hybridized carbons (Fsp3) is 0.351. The summed E-state index contributed by atoms with van der Waals surface area (Å²) in [6.45, 7) is 1.72. The van der Waals surface area contributed by atoms with Crippen LogP contribution in [0.3, 0.4) is 0 Å². The van der Waals surface area contributed by atoms with E-state index in [0.717, 1.165) is 42.6 Å². The minimum absolute atomic E-state index is 0.00743. The Morgan fingerprint density at radius 2 is 1.66 bits per heavy atom. The molecule has 0 radical (unpaired) electrons. The summed E-state index contributed by atoms with van der Waals surface area (Å²) < 4.78 is 19.7. The van der Waals surface area contributed by atoms with Crippen molar-refractivity contribution in [2.24, 2.45) is 14.1 Å². The molecule has 0 unspecified atom stereocenters. The number of nitrogens with zero attached hydrogens (tertiary/aromatic N) is 3. The number of esters is 1. The maximum Gasteiger partial charge on any atom is 0.354 e. The zero-order valence-corrected chi connectivity index (χ0v) is 28.7. The number of ether oxygens (including phenoxy) is 3. The Morgan fingerprint density at radius 1 is 0.880 bits per heavy atom. The lowest BCUT2D eigenvalue weighted by Gasteiger charge is -2.34. The van der Waals surface area contributed by atoms with Gasteiger partial charge in [0.15, 0.2) is 11.5 Å². The smallest absolute Gasteiger partial charge is 0.354 e. The number of methoxy groups -OCH3 is 2. The Hall–Kier alpha value is -5.72. The summed E-state index contributed by atoms with van der Waals surface area (Å²) in [4.78, 5) is 53.0. The van der Waals surface area contributed by atoms with Crippen LogP contribution in [0.15, 0.2) is 60.9 Å². The molecule has 6 rings (SSSR count). The number of fused-ring (bicyclic) bond motifs is 2. The van der Waals surface area contributed by atoms with Crippen molar-refractivity contribution in [1.82, 2.24) is 14.0 Å². The van der Waals surface area contributed by atoms with Gasteiger partial charge in [0.1, 0.15) is 11.4 Å².